The standard InChI is InChI=1S/C17H25N3O/c1-17(2)9-8-15(21-17)11-19-16(18)20-14-7-6-12-4-3-5-13(12)10-14/h6-7,10,15H,3-5,8-9,11H2,1-2H3,(H3,18,19,20). The molecule has 1 aliphatic heterocycles. The molecule has 3 rings (SSSR count). The van der Waals surface area contributed by atoms with Crippen molar-refractivity contribution in [3.8, 4) is 0 Å². The van der Waals surface area contributed by atoms with Crippen molar-refractivity contribution in [2.24, 2.45) is 10.7 Å². The van der Waals surface area contributed by atoms with Gasteiger partial charge in [-0.05, 0) is 69.2 Å². The lowest BCUT2D eigenvalue weighted by molar-refractivity contribution is -0.0106. The number of rotatable bonds is 3. The lowest BCUT2D eigenvalue weighted by Gasteiger charge is -2.18. The van der Waals surface area contributed by atoms with Crippen molar-refractivity contribution in [1.82, 2.24) is 0 Å². The van der Waals surface area contributed by atoms with E-state index in [0.29, 0.717) is 12.5 Å². The Morgan fingerprint density at radius 3 is 2.95 bits per heavy atom. The van der Waals surface area contributed by atoms with Crippen LogP contribution in [0.25, 0.3) is 0 Å². The highest BCUT2D eigenvalue weighted by Gasteiger charge is 2.31. The maximum Gasteiger partial charge on any atom is 0.193 e. The predicted molar refractivity (Wildman–Crippen MR) is 86.8 cm³/mol. The number of hydrogen-bond acceptors (Lipinski definition) is 2. The zero-order valence-corrected chi connectivity index (χ0v) is 13.0. The van der Waals surface area contributed by atoms with Crippen molar-refractivity contribution in [3.63, 3.8) is 0 Å². The molecule has 1 fully saturated rings. The Balaban J connectivity index is 1.56. The van der Waals surface area contributed by atoms with Crippen LogP contribution in [0.5, 0.6) is 0 Å². The molecule has 4 nitrogen and oxygen atoms in total. The van der Waals surface area contributed by atoms with Crippen LogP contribution < -0.4 is 11.1 Å². The lowest BCUT2D eigenvalue weighted by Crippen LogP contribution is -2.26. The third kappa shape index (κ3) is 3.56. The van der Waals surface area contributed by atoms with E-state index < -0.39 is 0 Å². The van der Waals surface area contributed by atoms with Gasteiger partial charge < -0.3 is 15.8 Å². The highest BCUT2D eigenvalue weighted by atomic mass is 16.5. The van der Waals surface area contributed by atoms with Crippen LogP contribution in [-0.2, 0) is 17.6 Å². The van der Waals surface area contributed by atoms with Gasteiger partial charge in [0.15, 0.2) is 5.96 Å². The topological polar surface area (TPSA) is 59.6 Å². The Morgan fingerprint density at radius 1 is 1.38 bits per heavy atom. The van der Waals surface area contributed by atoms with E-state index in [-0.39, 0.29) is 11.7 Å². The highest BCUT2D eigenvalue weighted by Crippen LogP contribution is 2.29. The number of ether oxygens (including phenoxy) is 1. The number of nitrogens with zero attached hydrogens (tertiary/aromatic N) is 1. The molecule has 1 aromatic carbocycles. The third-order valence-corrected chi connectivity index (χ3v) is 4.39. The van der Waals surface area contributed by atoms with Gasteiger partial charge in [0.25, 0.3) is 0 Å². The second kappa shape index (κ2) is 5.68. The van der Waals surface area contributed by atoms with Gasteiger partial charge in [0.2, 0.25) is 0 Å². The second-order valence-electron chi connectivity index (χ2n) is 6.73. The Labute approximate surface area is 126 Å². The van der Waals surface area contributed by atoms with Crippen molar-refractivity contribution in [1.29, 1.82) is 0 Å². The number of anilines is 1. The van der Waals surface area contributed by atoms with Crippen LogP contribution in [-0.4, -0.2) is 24.2 Å². The van der Waals surface area contributed by atoms with Gasteiger partial charge in [0.05, 0.1) is 18.2 Å². The van der Waals surface area contributed by atoms with E-state index in [4.69, 9.17) is 10.5 Å². The van der Waals surface area contributed by atoms with Gasteiger partial charge in [-0.1, -0.05) is 6.07 Å². The summed E-state index contributed by atoms with van der Waals surface area (Å²) in [6.45, 7) is 4.89. The molecule has 1 saturated heterocycles. The molecule has 0 bridgehead atoms. The average Bonchev–Trinajstić information content (AvgIpc) is 3.02. The molecule has 0 amide bonds. The first-order valence-electron chi connectivity index (χ1n) is 7.88. The smallest absolute Gasteiger partial charge is 0.193 e. The number of aliphatic imine (C=N–C) groups is 1. The Hall–Kier alpha value is -1.55. The molecule has 114 valence electrons. The van der Waals surface area contributed by atoms with Gasteiger partial charge in [-0.3, -0.25) is 4.99 Å². The van der Waals surface area contributed by atoms with E-state index >= 15 is 0 Å². The first-order chi connectivity index (χ1) is 10.0. The van der Waals surface area contributed by atoms with Crippen LogP contribution in [0.2, 0.25) is 0 Å². The van der Waals surface area contributed by atoms with Crippen molar-refractivity contribution < 1.29 is 4.74 Å². The minimum Gasteiger partial charge on any atom is -0.370 e. The molecule has 0 saturated carbocycles. The van der Waals surface area contributed by atoms with Crippen LogP contribution in [0, 0.1) is 0 Å². The van der Waals surface area contributed by atoms with Crippen LogP contribution in [0.3, 0.4) is 0 Å². The summed E-state index contributed by atoms with van der Waals surface area (Å²) in [5.74, 6) is 0.473. The van der Waals surface area contributed by atoms with Gasteiger partial charge in [-0.15, -0.1) is 0 Å². The van der Waals surface area contributed by atoms with Gasteiger partial charge in [-0.2, -0.15) is 0 Å². The fraction of sp³-hybridized carbons (Fsp3) is 0.588. The number of nitrogens with one attached hydrogen (secondary N) is 1. The maximum absolute atomic E-state index is 5.98. The van der Waals surface area contributed by atoms with Gasteiger partial charge in [0.1, 0.15) is 0 Å². The van der Waals surface area contributed by atoms with Crippen LogP contribution in [0.4, 0.5) is 5.69 Å². The van der Waals surface area contributed by atoms with Crippen LogP contribution in [0.1, 0.15) is 44.2 Å². The summed E-state index contributed by atoms with van der Waals surface area (Å²) in [4.78, 5) is 4.42. The fourth-order valence-corrected chi connectivity index (χ4v) is 3.24. The molecule has 1 aliphatic carbocycles. The third-order valence-electron chi connectivity index (χ3n) is 4.39. The normalized spacial score (nSPS) is 24.1. The quantitative estimate of drug-likeness (QED) is 0.664. The van der Waals surface area contributed by atoms with Crippen LogP contribution in [0.15, 0.2) is 23.2 Å². The van der Waals surface area contributed by atoms with E-state index in [9.17, 15) is 0 Å². The second-order valence-corrected chi connectivity index (χ2v) is 6.73. The predicted octanol–water partition coefficient (Wildman–Crippen LogP) is 2.86. The molecule has 1 unspecified atom stereocenters. The van der Waals surface area contributed by atoms with Crippen molar-refractivity contribution in [2.45, 2.75) is 57.7 Å². The molecule has 0 spiro atoms. The SMILES string of the molecule is CC1(C)CCC(CN=C(N)Nc2ccc3c(c2)CCC3)O1. The van der Waals surface area contributed by atoms with E-state index in [1.165, 1.54) is 30.4 Å². The highest BCUT2D eigenvalue weighted by molar-refractivity contribution is 5.92. The number of nitrogens with two attached hydrogens (primary N) is 1. The van der Waals surface area contributed by atoms with Gasteiger partial charge in [0, 0.05) is 5.69 Å². The van der Waals surface area contributed by atoms with Crippen molar-refractivity contribution in [2.75, 3.05) is 11.9 Å². The Kier molecular flexibility index (Phi) is 3.89. The number of benzene rings is 1. The number of guanidine groups is 1. The van der Waals surface area contributed by atoms with Crippen molar-refractivity contribution in [3.05, 3.63) is 29.3 Å². The summed E-state index contributed by atoms with van der Waals surface area (Å²) in [6, 6.07) is 6.47. The summed E-state index contributed by atoms with van der Waals surface area (Å²) in [7, 11) is 0. The molecule has 4 heteroatoms. The lowest BCUT2D eigenvalue weighted by atomic mass is 10.1. The summed E-state index contributed by atoms with van der Waals surface area (Å²) in [6.07, 6.45) is 5.98. The fourth-order valence-electron chi connectivity index (χ4n) is 3.24. The first kappa shape index (κ1) is 14.4. The molecule has 21 heavy (non-hydrogen) atoms. The summed E-state index contributed by atoms with van der Waals surface area (Å²) >= 11 is 0. The molecule has 0 aromatic heterocycles. The maximum atomic E-state index is 5.98. The molecule has 1 atom stereocenters. The van der Waals surface area contributed by atoms with E-state index in [0.717, 1.165) is 18.5 Å². The van der Waals surface area contributed by atoms with E-state index in [1.807, 2.05) is 0 Å². The number of hydrogen-bond donors (Lipinski definition) is 2. The minimum atomic E-state index is -0.0115. The average molecular weight is 287 g/mol. The summed E-state index contributed by atoms with van der Waals surface area (Å²) in [5, 5.41) is 3.19. The van der Waals surface area contributed by atoms with Gasteiger partial charge >= 0.3 is 0 Å². The number of aryl methyl sites for hydroxylation is 2. The van der Waals surface area contributed by atoms with Crippen LogP contribution >= 0.6 is 0 Å². The molecule has 2 aliphatic rings. The number of fused-ring (bicyclic) bond motifs is 1. The Bertz CT molecular complexity index is 551. The van der Waals surface area contributed by atoms with E-state index in [1.54, 1.807) is 0 Å². The van der Waals surface area contributed by atoms with Crippen molar-refractivity contribution >= 4 is 11.6 Å². The largest absolute Gasteiger partial charge is 0.370 e. The molecule has 1 heterocycles. The molecule has 1 aromatic rings. The summed E-state index contributed by atoms with van der Waals surface area (Å²) in [5.41, 5.74) is 9.91. The first-order valence-corrected chi connectivity index (χ1v) is 7.88. The molecular weight excluding hydrogens is 262 g/mol. The monoisotopic (exact) mass is 287 g/mol. The molecule has 3 N–H and O–H groups in total. The zero-order chi connectivity index (χ0) is 14.9. The Morgan fingerprint density at radius 2 is 2.19 bits per heavy atom. The molecular formula is C17H25N3O. The zero-order valence-electron chi connectivity index (χ0n) is 13.0. The molecule has 0 radical (unpaired) electrons. The summed E-state index contributed by atoms with van der Waals surface area (Å²) < 4.78 is 5.92. The minimum absolute atomic E-state index is 0.0115. The van der Waals surface area contributed by atoms with Gasteiger partial charge in [-0.25, -0.2) is 0 Å². The van der Waals surface area contributed by atoms with E-state index in [2.05, 4.69) is 42.4 Å².